The van der Waals surface area contributed by atoms with Crippen LogP contribution in [0.3, 0.4) is 0 Å². The SMILES string of the molecule is C=CCOc1ccc(C(=O)N2CCN(c3ccccc3Cl)CC2)cc1OC. The summed E-state index contributed by atoms with van der Waals surface area (Å²) in [6.07, 6.45) is 1.66. The Hall–Kier alpha value is -2.66. The lowest BCUT2D eigenvalue weighted by Crippen LogP contribution is -2.48. The van der Waals surface area contributed by atoms with Gasteiger partial charge in [0.05, 0.1) is 17.8 Å². The lowest BCUT2D eigenvalue weighted by molar-refractivity contribution is 0.0746. The predicted octanol–water partition coefficient (Wildman–Crippen LogP) is 3.88. The molecule has 0 atom stereocenters. The highest BCUT2D eigenvalue weighted by molar-refractivity contribution is 6.33. The first-order valence-corrected chi connectivity index (χ1v) is 9.22. The summed E-state index contributed by atoms with van der Waals surface area (Å²) in [6.45, 7) is 6.78. The van der Waals surface area contributed by atoms with E-state index in [9.17, 15) is 4.79 Å². The second kappa shape index (κ2) is 8.82. The van der Waals surface area contributed by atoms with Crippen LogP contribution in [0.4, 0.5) is 5.69 Å². The monoisotopic (exact) mass is 386 g/mol. The molecule has 0 saturated carbocycles. The summed E-state index contributed by atoms with van der Waals surface area (Å²) in [6, 6.07) is 13.0. The molecule has 5 nitrogen and oxygen atoms in total. The van der Waals surface area contributed by atoms with Crippen molar-refractivity contribution in [3.63, 3.8) is 0 Å². The lowest BCUT2D eigenvalue weighted by Gasteiger charge is -2.36. The van der Waals surface area contributed by atoms with Crippen LogP contribution in [-0.4, -0.2) is 50.7 Å². The minimum absolute atomic E-state index is 0.0117. The number of amides is 1. The summed E-state index contributed by atoms with van der Waals surface area (Å²) in [5.74, 6) is 1.12. The Balaban J connectivity index is 1.67. The number of hydrogen-bond acceptors (Lipinski definition) is 4. The predicted molar refractivity (Wildman–Crippen MR) is 108 cm³/mol. The Morgan fingerprint density at radius 1 is 1.15 bits per heavy atom. The topological polar surface area (TPSA) is 42.0 Å². The number of ether oxygens (including phenoxy) is 2. The smallest absolute Gasteiger partial charge is 0.254 e. The van der Waals surface area contributed by atoms with Crippen LogP contribution in [0.5, 0.6) is 11.5 Å². The van der Waals surface area contributed by atoms with Gasteiger partial charge in [-0.3, -0.25) is 4.79 Å². The van der Waals surface area contributed by atoms with Gasteiger partial charge in [0.1, 0.15) is 6.61 Å². The first-order valence-electron chi connectivity index (χ1n) is 8.84. The minimum atomic E-state index is -0.0117. The highest BCUT2D eigenvalue weighted by Crippen LogP contribution is 2.29. The summed E-state index contributed by atoms with van der Waals surface area (Å²) in [5.41, 5.74) is 1.60. The average molecular weight is 387 g/mol. The Morgan fingerprint density at radius 2 is 1.89 bits per heavy atom. The fraction of sp³-hybridized carbons (Fsp3) is 0.286. The molecule has 3 rings (SSSR count). The van der Waals surface area contributed by atoms with Crippen LogP contribution < -0.4 is 14.4 Å². The molecule has 2 aromatic rings. The maximum absolute atomic E-state index is 12.9. The molecule has 142 valence electrons. The van der Waals surface area contributed by atoms with E-state index in [-0.39, 0.29) is 5.91 Å². The van der Waals surface area contributed by atoms with Crippen molar-refractivity contribution in [2.24, 2.45) is 0 Å². The summed E-state index contributed by atoms with van der Waals surface area (Å²) in [5, 5.41) is 0.733. The third-order valence-corrected chi connectivity index (χ3v) is 4.85. The van der Waals surface area contributed by atoms with Crippen LogP contribution in [0.2, 0.25) is 5.02 Å². The van der Waals surface area contributed by atoms with Crippen molar-refractivity contribution in [3.05, 3.63) is 65.7 Å². The molecular weight excluding hydrogens is 364 g/mol. The summed E-state index contributed by atoms with van der Waals surface area (Å²) in [4.78, 5) is 16.9. The largest absolute Gasteiger partial charge is 0.493 e. The fourth-order valence-electron chi connectivity index (χ4n) is 3.11. The van der Waals surface area contributed by atoms with E-state index >= 15 is 0 Å². The molecule has 2 aromatic carbocycles. The molecule has 0 N–H and O–H groups in total. The van der Waals surface area contributed by atoms with Crippen LogP contribution in [0.15, 0.2) is 55.1 Å². The second-order valence-electron chi connectivity index (χ2n) is 6.20. The number of piperazine rings is 1. The van der Waals surface area contributed by atoms with E-state index < -0.39 is 0 Å². The fourth-order valence-corrected chi connectivity index (χ4v) is 3.37. The van der Waals surface area contributed by atoms with Crippen LogP contribution in [0.1, 0.15) is 10.4 Å². The minimum Gasteiger partial charge on any atom is -0.493 e. The number of carbonyl (C=O) groups is 1. The van der Waals surface area contributed by atoms with E-state index in [1.54, 1.807) is 31.4 Å². The van der Waals surface area contributed by atoms with Gasteiger partial charge in [0, 0.05) is 31.7 Å². The van der Waals surface area contributed by atoms with Crippen LogP contribution in [0.25, 0.3) is 0 Å². The van der Waals surface area contributed by atoms with Crippen molar-refractivity contribution in [2.45, 2.75) is 0 Å². The molecule has 0 radical (unpaired) electrons. The van der Waals surface area contributed by atoms with Gasteiger partial charge in [-0.05, 0) is 30.3 Å². The zero-order valence-corrected chi connectivity index (χ0v) is 16.1. The van der Waals surface area contributed by atoms with Crippen LogP contribution >= 0.6 is 11.6 Å². The molecule has 0 aliphatic carbocycles. The Bertz CT molecular complexity index is 817. The van der Waals surface area contributed by atoms with Gasteiger partial charge in [0.15, 0.2) is 11.5 Å². The number of anilines is 1. The number of nitrogens with zero attached hydrogens (tertiary/aromatic N) is 2. The second-order valence-corrected chi connectivity index (χ2v) is 6.60. The molecule has 1 aliphatic rings. The maximum atomic E-state index is 12.9. The molecule has 1 saturated heterocycles. The quantitative estimate of drug-likeness (QED) is 0.706. The number of benzene rings is 2. The Morgan fingerprint density at radius 3 is 2.56 bits per heavy atom. The third kappa shape index (κ3) is 4.37. The Labute approximate surface area is 164 Å². The van der Waals surface area contributed by atoms with Gasteiger partial charge >= 0.3 is 0 Å². The zero-order chi connectivity index (χ0) is 19.2. The lowest BCUT2D eigenvalue weighted by atomic mass is 10.1. The van der Waals surface area contributed by atoms with Gasteiger partial charge in [-0.1, -0.05) is 36.4 Å². The molecule has 27 heavy (non-hydrogen) atoms. The molecule has 1 aliphatic heterocycles. The molecule has 0 bridgehead atoms. The number of methoxy groups -OCH3 is 1. The van der Waals surface area contributed by atoms with E-state index in [0.29, 0.717) is 36.8 Å². The van der Waals surface area contributed by atoms with Crippen molar-refractivity contribution in [1.82, 2.24) is 4.90 Å². The molecular formula is C21H23ClN2O3. The first-order chi connectivity index (χ1) is 13.1. The standard InChI is InChI=1S/C21H23ClN2O3/c1-3-14-27-19-9-8-16(15-20(19)26-2)21(25)24-12-10-23(11-13-24)18-7-5-4-6-17(18)22/h3-9,15H,1,10-14H2,2H3. The van der Waals surface area contributed by atoms with E-state index in [2.05, 4.69) is 11.5 Å². The van der Waals surface area contributed by atoms with Crippen LogP contribution in [0, 0.1) is 0 Å². The molecule has 1 fully saturated rings. The number of rotatable bonds is 6. The molecule has 6 heteroatoms. The van der Waals surface area contributed by atoms with Gasteiger partial charge < -0.3 is 19.3 Å². The summed E-state index contributed by atoms with van der Waals surface area (Å²) < 4.78 is 10.9. The normalized spacial score (nSPS) is 14.0. The van der Waals surface area contributed by atoms with Gasteiger partial charge in [-0.25, -0.2) is 0 Å². The molecule has 1 heterocycles. The number of hydrogen-bond donors (Lipinski definition) is 0. The number of para-hydroxylation sites is 1. The van der Waals surface area contributed by atoms with E-state index in [4.69, 9.17) is 21.1 Å². The maximum Gasteiger partial charge on any atom is 0.254 e. The highest BCUT2D eigenvalue weighted by atomic mass is 35.5. The van der Waals surface area contributed by atoms with Gasteiger partial charge in [-0.15, -0.1) is 0 Å². The number of halogens is 1. The molecule has 0 unspecified atom stereocenters. The van der Waals surface area contributed by atoms with Gasteiger partial charge in [-0.2, -0.15) is 0 Å². The van der Waals surface area contributed by atoms with E-state index in [1.165, 1.54) is 0 Å². The molecule has 1 amide bonds. The summed E-state index contributed by atoms with van der Waals surface area (Å²) >= 11 is 6.28. The Kier molecular flexibility index (Phi) is 6.24. The third-order valence-electron chi connectivity index (χ3n) is 4.53. The van der Waals surface area contributed by atoms with E-state index in [1.807, 2.05) is 29.2 Å². The first kappa shape index (κ1) is 19.1. The van der Waals surface area contributed by atoms with Gasteiger partial charge in [0.25, 0.3) is 5.91 Å². The average Bonchev–Trinajstić information content (AvgIpc) is 2.72. The number of carbonyl (C=O) groups excluding carboxylic acids is 1. The van der Waals surface area contributed by atoms with Crippen molar-refractivity contribution in [3.8, 4) is 11.5 Å². The van der Waals surface area contributed by atoms with Crippen molar-refractivity contribution in [2.75, 3.05) is 44.8 Å². The van der Waals surface area contributed by atoms with Crippen molar-refractivity contribution in [1.29, 1.82) is 0 Å². The highest BCUT2D eigenvalue weighted by Gasteiger charge is 2.24. The zero-order valence-electron chi connectivity index (χ0n) is 15.4. The van der Waals surface area contributed by atoms with Crippen molar-refractivity contribution >= 4 is 23.2 Å². The van der Waals surface area contributed by atoms with Crippen LogP contribution in [-0.2, 0) is 0 Å². The molecule has 0 spiro atoms. The molecule has 0 aromatic heterocycles. The summed E-state index contributed by atoms with van der Waals surface area (Å²) in [7, 11) is 1.56. The van der Waals surface area contributed by atoms with Gasteiger partial charge in [0.2, 0.25) is 0 Å². The van der Waals surface area contributed by atoms with Crippen molar-refractivity contribution < 1.29 is 14.3 Å². The van der Waals surface area contributed by atoms with E-state index in [0.717, 1.165) is 23.8 Å².